The number of piperidine rings is 1. The minimum Gasteiger partial charge on any atom is -0.379 e. The second-order valence-corrected chi connectivity index (χ2v) is 13.4. The summed E-state index contributed by atoms with van der Waals surface area (Å²) in [5.74, 6) is -0.765. The lowest BCUT2D eigenvalue weighted by atomic mass is 9.97. The molecule has 0 aromatic heterocycles. The van der Waals surface area contributed by atoms with E-state index in [2.05, 4.69) is 5.32 Å². The lowest BCUT2D eigenvalue weighted by Crippen LogP contribution is -2.41. The van der Waals surface area contributed by atoms with Gasteiger partial charge in [-0.1, -0.05) is 29.3 Å². The lowest BCUT2D eigenvalue weighted by molar-refractivity contribution is -0.120. The van der Waals surface area contributed by atoms with Gasteiger partial charge in [0.05, 0.1) is 33.9 Å². The maximum Gasteiger partial charge on any atom is 0.243 e. The normalized spacial score (nSPS) is 18.7. The molecule has 2 aromatic rings. The fraction of sp³-hybridized carbons (Fsp3) is 0.435. The Bertz CT molecular complexity index is 1310. The SMILES string of the molecule is O=C(Nc1ccc(S(=O)(=O)N2CCOCC2)cc1)C1CCN(S(=O)(=O)Cc2ccc(Cl)c(Cl)c2)CC1. The molecule has 1 amide bonds. The van der Waals surface area contributed by atoms with Gasteiger partial charge in [0.2, 0.25) is 26.0 Å². The van der Waals surface area contributed by atoms with Crippen molar-refractivity contribution in [2.45, 2.75) is 23.5 Å². The van der Waals surface area contributed by atoms with Crippen molar-refractivity contribution in [3.63, 3.8) is 0 Å². The number of rotatable bonds is 7. The van der Waals surface area contributed by atoms with Crippen molar-refractivity contribution >= 4 is 54.8 Å². The van der Waals surface area contributed by atoms with E-state index in [1.165, 1.54) is 20.7 Å². The highest BCUT2D eigenvalue weighted by Crippen LogP contribution is 2.27. The van der Waals surface area contributed by atoms with Crippen LogP contribution in [0.2, 0.25) is 10.0 Å². The summed E-state index contributed by atoms with van der Waals surface area (Å²) in [6.07, 6.45) is 0.770. The highest BCUT2D eigenvalue weighted by Gasteiger charge is 2.31. The van der Waals surface area contributed by atoms with Gasteiger partial charge in [-0.3, -0.25) is 4.79 Å². The fourth-order valence-electron chi connectivity index (χ4n) is 4.22. The van der Waals surface area contributed by atoms with Gasteiger partial charge in [0, 0.05) is 37.8 Å². The van der Waals surface area contributed by atoms with Crippen LogP contribution >= 0.6 is 23.2 Å². The van der Waals surface area contributed by atoms with E-state index in [-0.39, 0.29) is 35.6 Å². The second-order valence-electron chi connectivity index (χ2n) is 8.71. The molecule has 0 bridgehead atoms. The number of carbonyl (C=O) groups excluding carboxylic acids is 1. The minimum atomic E-state index is -3.61. The largest absolute Gasteiger partial charge is 0.379 e. The van der Waals surface area contributed by atoms with Crippen molar-refractivity contribution in [1.82, 2.24) is 8.61 Å². The third kappa shape index (κ3) is 6.39. The summed E-state index contributed by atoms with van der Waals surface area (Å²) in [6.45, 7) is 1.81. The molecule has 13 heteroatoms. The maximum absolute atomic E-state index is 12.8. The van der Waals surface area contributed by atoms with Crippen LogP contribution in [0.25, 0.3) is 0 Å². The first-order chi connectivity index (χ1) is 17.1. The van der Waals surface area contributed by atoms with Gasteiger partial charge in [-0.15, -0.1) is 0 Å². The molecule has 0 radical (unpaired) electrons. The number of sulfonamides is 2. The number of morpholine rings is 1. The highest BCUT2D eigenvalue weighted by atomic mass is 35.5. The van der Waals surface area contributed by atoms with Crippen LogP contribution in [0.3, 0.4) is 0 Å². The molecule has 36 heavy (non-hydrogen) atoms. The molecule has 196 valence electrons. The number of amides is 1. The Morgan fingerprint density at radius 1 is 0.889 bits per heavy atom. The van der Waals surface area contributed by atoms with Crippen molar-refractivity contribution < 1.29 is 26.4 Å². The Morgan fingerprint density at radius 2 is 1.53 bits per heavy atom. The molecule has 2 aromatic carbocycles. The fourth-order valence-corrected chi connectivity index (χ4v) is 7.50. The lowest BCUT2D eigenvalue weighted by Gasteiger charge is -2.30. The van der Waals surface area contributed by atoms with E-state index in [1.807, 2.05) is 0 Å². The average molecular weight is 577 g/mol. The quantitative estimate of drug-likeness (QED) is 0.542. The van der Waals surface area contributed by atoms with Gasteiger partial charge in [-0.2, -0.15) is 4.31 Å². The molecule has 2 fully saturated rings. The summed E-state index contributed by atoms with van der Waals surface area (Å²) < 4.78 is 59.1. The smallest absolute Gasteiger partial charge is 0.243 e. The molecular weight excluding hydrogens is 549 g/mol. The molecular formula is C23H27Cl2N3O6S2. The molecule has 0 aliphatic carbocycles. The Hall–Kier alpha value is -1.73. The van der Waals surface area contributed by atoms with Crippen LogP contribution in [-0.2, 0) is 35.3 Å². The zero-order chi connectivity index (χ0) is 25.9. The van der Waals surface area contributed by atoms with E-state index in [9.17, 15) is 21.6 Å². The Morgan fingerprint density at radius 3 is 2.14 bits per heavy atom. The van der Waals surface area contributed by atoms with Gasteiger partial charge < -0.3 is 10.1 Å². The Balaban J connectivity index is 1.31. The van der Waals surface area contributed by atoms with E-state index in [0.717, 1.165) is 0 Å². The number of carbonyl (C=O) groups is 1. The number of hydrogen-bond donors (Lipinski definition) is 1. The number of hydrogen-bond acceptors (Lipinski definition) is 6. The van der Waals surface area contributed by atoms with Crippen molar-refractivity contribution in [1.29, 1.82) is 0 Å². The first-order valence-corrected chi connectivity index (χ1v) is 15.3. The van der Waals surface area contributed by atoms with Crippen LogP contribution in [0, 0.1) is 5.92 Å². The number of benzene rings is 2. The highest BCUT2D eigenvalue weighted by molar-refractivity contribution is 7.89. The number of ether oxygens (including phenoxy) is 1. The zero-order valence-corrected chi connectivity index (χ0v) is 22.5. The van der Waals surface area contributed by atoms with Crippen LogP contribution in [0.15, 0.2) is 47.4 Å². The molecule has 0 spiro atoms. The number of nitrogens with one attached hydrogen (secondary N) is 1. The van der Waals surface area contributed by atoms with E-state index < -0.39 is 20.0 Å². The predicted octanol–water partition coefficient (Wildman–Crippen LogP) is 3.19. The van der Waals surface area contributed by atoms with Crippen molar-refractivity contribution in [2.75, 3.05) is 44.7 Å². The summed E-state index contributed by atoms with van der Waals surface area (Å²) in [5.41, 5.74) is 1.03. The number of halogens is 2. The van der Waals surface area contributed by atoms with Crippen LogP contribution < -0.4 is 5.32 Å². The average Bonchev–Trinajstić information content (AvgIpc) is 2.87. The van der Waals surface area contributed by atoms with Gasteiger partial charge in [0.1, 0.15) is 0 Å². The van der Waals surface area contributed by atoms with Gasteiger partial charge in [-0.05, 0) is 54.8 Å². The van der Waals surface area contributed by atoms with Crippen LogP contribution in [-0.4, -0.2) is 70.7 Å². The van der Waals surface area contributed by atoms with E-state index in [1.54, 1.807) is 30.3 Å². The van der Waals surface area contributed by atoms with Gasteiger partial charge in [-0.25, -0.2) is 21.1 Å². The van der Waals surface area contributed by atoms with Crippen molar-refractivity contribution in [2.24, 2.45) is 5.92 Å². The third-order valence-corrected chi connectivity index (χ3v) is 10.8. The molecule has 0 atom stereocenters. The van der Waals surface area contributed by atoms with Gasteiger partial charge >= 0.3 is 0 Å². The number of anilines is 1. The Kier molecular flexibility index (Phi) is 8.60. The molecule has 0 saturated carbocycles. The summed E-state index contributed by atoms with van der Waals surface area (Å²) in [7, 11) is -7.18. The topological polar surface area (TPSA) is 113 Å². The zero-order valence-electron chi connectivity index (χ0n) is 19.4. The van der Waals surface area contributed by atoms with Crippen molar-refractivity contribution in [3.8, 4) is 0 Å². The van der Waals surface area contributed by atoms with E-state index in [4.69, 9.17) is 27.9 Å². The van der Waals surface area contributed by atoms with E-state index >= 15 is 0 Å². The first kappa shape index (κ1) is 27.3. The van der Waals surface area contributed by atoms with Crippen molar-refractivity contribution in [3.05, 3.63) is 58.1 Å². The van der Waals surface area contributed by atoms with E-state index in [0.29, 0.717) is 60.4 Å². The predicted molar refractivity (Wildman–Crippen MR) is 138 cm³/mol. The minimum absolute atomic E-state index is 0.155. The molecule has 0 unspecified atom stereocenters. The monoisotopic (exact) mass is 575 g/mol. The molecule has 2 heterocycles. The van der Waals surface area contributed by atoms with Gasteiger partial charge in [0.15, 0.2) is 0 Å². The van der Waals surface area contributed by atoms with Crippen LogP contribution in [0.4, 0.5) is 5.69 Å². The molecule has 2 aliphatic heterocycles. The molecule has 9 nitrogen and oxygen atoms in total. The first-order valence-electron chi connectivity index (χ1n) is 11.5. The Labute approximate surface area is 221 Å². The molecule has 2 saturated heterocycles. The molecule has 1 N–H and O–H groups in total. The summed E-state index contributed by atoms with van der Waals surface area (Å²) in [5, 5.41) is 3.47. The summed E-state index contributed by atoms with van der Waals surface area (Å²) >= 11 is 11.9. The van der Waals surface area contributed by atoms with Gasteiger partial charge in [0.25, 0.3) is 0 Å². The summed E-state index contributed by atoms with van der Waals surface area (Å²) in [6, 6.07) is 10.8. The molecule has 2 aliphatic rings. The van der Waals surface area contributed by atoms with Crippen LogP contribution in [0.5, 0.6) is 0 Å². The molecule has 4 rings (SSSR count). The summed E-state index contributed by atoms with van der Waals surface area (Å²) in [4.78, 5) is 12.9. The van der Waals surface area contributed by atoms with Crippen LogP contribution in [0.1, 0.15) is 18.4 Å². The third-order valence-electron chi connectivity index (χ3n) is 6.28. The number of nitrogens with zero attached hydrogens (tertiary/aromatic N) is 2. The standard InChI is InChI=1S/C23H27Cl2N3O6S2/c24-21-6-1-17(15-22(21)25)16-35(30,31)27-9-7-18(8-10-27)23(29)26-19-2-4-20(5-3-19)36(32,33)28-11-13-34-14-12-28/h1-6,15,18H,7-14,16H2,(H,26,29). The second kappa shape index (κ2) is 11.3. The maximum atomic E-state index is 12.8.